The van der Waals surface area contributed by atoms with Crippen LogP contribution in [0.3, 0.4) is 0 Å². The van der Waals surface area contributed by atoms with Gasteiger partial charge in [-0.15, -0.1) is 0 Å². The lowest BCUT2D eigenvalue weighted by Crippen LogP contribution is -2.30. The van der Waals surface area contributed by atoms with Gasteiger partial charge in [0.15, 0.2) is 0 Å². The summed E-state index contributed by atoms with van der Waals surface area (Å²) in [5.74, 6) is 0.303. The second-order valence-corrected chi connectivity index (χ2v) is 4.88. The fourth-order valence-corrected chi connectivity index (χ4v) is 2.37. The topological polar surface area (TPSA) is 32.7 Å². The number of hydrogen-bond donors (Lipinski definition) is 1. The van der Waals surface area contributed by atoms with Crippen molar-refractivity contribution in [3.8, 4) is 0 Å². The van der Waals surface area contributed by atoms with Crippen molar-refractivity contribution in [1.82, 2.24) is 0 Å². The monoisotopic (exact) mass is 253 g/mol. The number of ether oxygens (including phenoxy) is 1. The lowest BCUT2D eigenvalue weighted by Gasteiger charge is -2.28. The van der Waals surface area contributed by atoms with E-state index >= 15 is 0 Å². The molecule has 0 amide bonds. The second-order valence-electron chi connectivity index (χ2n) is 4.88. The number of anilines is 1. The summed E-state index contributed by atoms with van der Waals surface area (Å²) >= 11 is 0. The molecule has 1 N–H and O–H groups in total. The van der Waals surface area contributed by atoms with Gasteiger partial charge in [-0.2, -0.15) is 0 Å². The molecule has 18 heavy (non-hydrogen) atoms. The van der Waals surface area contributed by atoms with Gasteiger partial charge in [0.2, 0.25) is 0 Å². The van der Waals surface area contributed by atoms with Crippen LogP contribution in [-0.2, 0) is 11.3 Å². The third kappa shape index (κ3) is 3.21. The summed E-state index contributed by atoms with van der Waals surface area (Å²) in [5.41, 5.74) is 1.20. The first kappa shape index (κ1) is 13.3. The highest BCUT2D eigenvalue weighted by atomic mass is 19.1. The lowest BCUT2D eigenvalue weighted by atomic mass is 9.99. The van der Waals surface area contributed by atoms with Gasteiger partial charge < -0.3 is 14.7 Å². The molecular weight excluding hydrogens is 233 g/mol. The summed E-state index contributed by atoms with van der Waals surface area (Å²) in [6.45, 7) is 2.34. The van der Waals surface area contributed by atoms with Crippen molar-refractivity contribution in [3.05, 3.63) is 29.6 Å². The standard InChI is InChI=1S/C14H20FNO2/c1-16(9-11-4-6-18-7-5-11)14-3-2-12(10-17)8-13(14)15/h2-3,8,11,17H,4-7,9-10H2,1H3. The summed E-state index contributed by atoms with van der Waals surface area (Å²) in [4.78, 5) is 1.95. The Hall–Kier alpha value is -1.13. The highest BCUT2D eigenvalue weighted by Gasteiger charge is 2.17. The predicted octanol–water partition coefficient (Wildman–Crippen LogP) is 2.18. The van der Waals surface area contributed by atoms with Gasteiger partial charge in [-0.1, -0.05) is 6.07 Å². The van der Waals surface area contributed by atoms with Crippen LogP contribution in [0.1, 0.15) is 18.4 Å². The van der Waals surface area contributed by atoms with E-state index in [4.69, 9.17) is 9.84 Å². The van der Waals surface area contributed by atoms with Crippen LogP contribution in [0, 0.1) is 11.7 Å². The van der Waals surface area contributed by atoms with Crippen LogP contribution in [0.5, 0.6) is 0 Å². The van der Waals surface area contributed by atoms with Crippen molar-refractivity contribution >= 4 is 5.69 Å². The van der Waals surface area contributed by atoms with Crippen molar-refractivity contribution in [1.29, 1.82) is 0 Å². The lowest BCUT2D eigenvalue weighted by molar-refractivity contribution is 0.0685. The number of nitrogens with zero attached hydrogens (tertiary/aromatic N) is 1. The molecule has 0 bridgehead atoms. The van der Waals surface area contributed by atoms with Crippen LogP contribution in [0.4, 0.5) is 10.1 Å². The molecule has 2 rings (SSSR count). The first-order valence-corrected chi connectivity index (χ1v) is 6.39. The Morgan fingerprint density at radius 1 is 1.39 bits per heavy atom. The third-order valence-corrected chi connectivity index (χ3v) is 3.48. The van der Waals surface area contributed by atoms with Crippen molar-refractivity contribution in [2.45, 2.75) is 19.4 Å². The number of benzene rings is 1. The largest absolute Gasteiger partial charge is 0.392 e. The van der Waals surface area contributed by atoms with E-state index in [1.807, 2.05) is 11.9 Å². The molecule has 0 unspecified atom stereocenters. The van der Waals surface area contributed by atoms with Crippen molar-refractivity contribution < 1.29 is 14.2 Å². The van der Waals surface area contributed by atoms with E-state index in [-0.39, 0.29) is 12.4 Å². The molecule has 0 aromatic heterocycles. The zero-order valence-electron chi connectivity index (χ0n) is 10.7. The van der Waals surface area contributed by atoms with Crippen molar-refractivity contribution in [3.63, 3.8) is 0 Å². The average molecular weight is 253 g/mol. The molecule has 4 heteroatoms. The van der Waals surface area contributed by atoms with Crippen LogP contribution in [0.2, 0.25) is 0 Å². The predicted molar refractivity (Wildman–Crippen MR) is 69.1 cm³/mol. The first-order chi connectivity index (χ1) is 8.70. The fraction of sp³-hybridized carbons (Fsp3) is 0.571. The average Bonchev–Trinajstić information content (AvgIpc) is 2.39. The molecule has 0 saturated carbocycles. The van der Waals surface area contributed by atoms with E-state index in [1.54, 1.807) is 12.1 Å². The molecule has 1 aromatic rings. The molecule has 100 valence electrons. The molecule has 0 spiro atoms. The van der Waals surface area contributed by atoms with Gasteiger partial charge in [0.1, 0.15) is 5.82 Å². The Balaban J connectivity index is 2.01. The van der Waals surface area contributed by atoms with Gasteiger partial charge in [-0.05, 0) is 36.5 Å². The minimum atomic E-state index is -0.267. The van der Waals surface area contributed by atoms with E-state index in [9.17, 15) is 4.39 Å². The van der Waals surface area contributed by atoms with Crippen LogP contribution in [-0.4, -0.2) is 31.9 Å². The number of rotatable bonds is 4. The molecule has 0 aliphatic carbocycles. The number of hydrogen-bond acceptors (Lipinski definition) is 3. The summed E-state index contributed by atoms with van der Waals surface area (Å²) < 4.78 is 19.2. The van der Waals surface area contributed by atoms with Gasteiger partial charge in [-0.3, -0.25) is 0 Å². The molecule has 1 heterocycles. The van der Waals surface area contributed by atoms with Gasteiger partial charge >= 0.3 is 0 Å². The van der Waals surface area contributed by atoms with Crippen LogP contribution in [0.25, 0.3) is 0 Å². The normalized spacial score (nSPS) is 16.8. The highest BCUT2D eigenvalue weighted by molar-refractivity contribution is 5.48. The number of aliphatic hydroxyl groups is 1. The van der Waals surface area contributed by atoms with Crippen LogP contribution in [0.15, 0.2) is 18.2 Å². The summed E-state index contributed by atoms with van der Waals surface area (Å²) in [5, 5.41) is 8.96. The van der Waals surface area contributed by atoms with Gasteiger partial charge in [-0.25, -0.2) is 4.39 Å². The maximum absolute atomic E-state index is 13.9. The molecule has 1 fully saturated rings. The van der Waals surface area contributed by atoms with E-state index in [0.29, 0.717) is 17.2 Å². The molecule has 0 radical (unpaired) electrons. The minimum Gasteiger partial charge on any atom is -0.392 e. The Kier molecular flexibility index (Phi) is 4.55. The SMILES string of the molecule is CN(CC1CCOCC1)c1ccc(CO)cc1F. The number of halogens is 1. The molecule has 1 aliphatic rings. The maximum Gasteiger partial charge on any atom is 0.146 e. The van der Waals surface area contributed by atoms with Crippen LogP contribution >= 0.6 is 0 Å². The molecule has 3 nitrogen and oxygen atoms in total. The summed E-state index contributed by atoms with van der Waals surface area (Å²) in [6, 6.07) is 4.90. The van der Waals surface area contributed by atoms with Gasteiger partial charge in [0.05, 0.1) is 12.3 Å². The Morgan fingerprint density at radius 2 is 2.11 bits per heavy atom. The number of aliphatic hydroxyl groups excluding tert-OH is 1. The quantitative estimate of drug-likeness (QED) is 0.892. The van der Waals surface area contributed by atoms with Gasteiger partial charge in [0.25, 0.3) is 0 Å². The zero-order valence-corrected chi connectivity index (χ0v) is 10.7. The maximum atomic E-state index is 13.9. The molecule has 1 aromatic carbocycles. The van der Waals surface area contributed by atoms with Crippen molar-refractivity contribution in [2.24, 2.45) is 5.92 Å². The molecule has 0 atom stereocenters. The van der Waals surface area contributed by atoms with E-state index < -0.39 is 0 Å². The van der Waals surface area contributed by atoms with Crippen LogP contribution < -0.4 is 4.90 Å². The summed E-state index contributed by atoms with van der Waals surface area (Å²) in [6.07, 6.45) is 2.08. The molecule has 1 saturated heterocycles. The van der Waals surface area contributed by atoms with E-state index in [2.05, 4.69) is 0 Å². The van der Waals surface area contributed by atoms with E-state index in [0.717, 1.165) is 32.6 Å². The van der Waals surface area contributed by atoms with E-state index in [1.165, 1.54) is 6.07 Å². The molecular formula is C14H20FNO2. The Labute approximate surface area is 107 Å². The molecule has 1 aliphatic heterocycles. The first-order valence-electron chi connectivity index (χ1n) is 6.39. The zero-order chi connectivity index (χ0) is 13.0. The third-order valence-electron chi connectivity index (χ3n) is 3.48. The summed E-state index contributed by atoms with van der Waals surface area (Å²) in [7, 11) is 1.91. The smallest absolute Gasteiger partial charge is 0.146 e. The Bertz CT molecular complexity index is 391. The second kappa shape index (κ2) is 6.16. The minimum absolute atomic E-state index is 0.124. The fourth-order valence-electron chi connectivity index (χ4n) is 2.37. The highest BCUT2D eigenvalue weighted by Crippen LogP contribution is 2.23. The Morgan fingerprint density at radius 3 is 2.72 bits per heavy atom. The van der Waals surface area contributed by atoms with Crippen molar-refractivity contribution in [2.75, 3.05) is 31.7 Å². The van der Waals surface area contributed by atoms with Gasteiger partial charge in [0, 0.05) is 26.8 Å².